The van der Waals surface area contributed by atoms with Crippen LogP contribution in [0.2, 0.25) is 0 Å². The smallest absolute Gasteiger partial charge is 0.166 e. The molecule has 1 aliphatic rings. The lowest BCUT2D eigenvalue weighted by Gasteiger charge is -2.25. The summed E-state index contributed by atoms with van der Waals surface area (Å²) in [5.74, 6) is 0. The van der Waals surface area contributed by atoms with E-state index >= 15 is 0 Å². The molecule has 13 heavy (non-hydrogen) atoms. The van der Waals surface area contributed by atoms with E-state index in [1.165, 1.54) is 6.07 Å². The molecule has 1 aliphatic carbocycles. The van der Waals surface area contributed by atoms with Crippen LogP contribution in [0.5, 0.6) is 0 Å². The van der Waals surface area contributed by atoms with E-state index in [0.717, 1.165) is 15.6 Å². The Labute approximate surface area is 87.3 Å². The quantitative estimate of drug-likeness (QED) is 0.644. The second kappa shape index (κ2) is 2.87. The van der Waals surface area contributed by atoms with Gasteiger partial charge < -0.3 is 0 Å². The van der Waals surface area contributed by atoms with Gasteiger partial charge in [-0.2, -0.15) is 13.2 Å². The van der Waals surface area contributed by atoms with Crippen LogP contribution in [0.3, 0.4) is 0 Å². The van der Waals surface area contributed by atoms with E-state index in [9.17, 15) is 13.2 Å². The Morgan fingerprint density at radius 2 is 1.69 bits per heavy atom. The van der Waals surface area contributed by atoms with Crippen molar-refractivity contribution in [2.24, 2.45) is 0 Å². The highest BCUT2D eigenvalue weighted by atomic mass is 127. The van der Waals surface area contributed by atoms with Gasteiger partial charge in [-0.1, -0.05) is 0 Å². The van der Waals surface area contributed by atoms with Crippen molar-refractivity contribution >= 4 is 22.6 Å². The molecule has 0 saturated carbocycles. The van der Waals surface area contributed by atoms with Gasteiger partial charge in [0.05, 0.1) is 5.56 Å². The molecule has 0 saturated heterocycles. The van der Waals surface area contributed by atoms with E-state index in [4.69, 9.17) is 0 Å². The normalized spacial score (nSPS) is 15.1. The SMILES string of the molecule is FC(F)(F)c1ccc(I)c2c1CC2. The van der Waals surface area contributed by atoms with Gasteiger partial charge in [0.15, 0.2) is 0 Å². The van der Waals surface area contributed by atoms with E-state index in [2.05, 4.69) is 22.6 Å². The fourth-order valence-electron chi connectivity index (χ4n) is 1.56. The molecule has 70 valence electrons. The van der Waals surface area contributed by atoms with Gasteiger partial charge in [-0.15, -0.1) is 0 Å². The van der Waals surface area contributed by atoms with Gasteiger partial charge in [-0.25, -0.2) is 0 Å². The fraction of sp³-hybridized carbons (Fsp3) is 0.333. The maximum Gasteiger partial charge on any atom is 0.416 e. The first kappa shape index (κ1) is 9.30. The lowest BCUT2D eigenvalue weighted by molar-refractivity contribution is -0.138. The molecular formula is C9H6F3I. The van der Waals surface area contributed by atoms with Crippen LogP contribution in [0.1, 0.15) is 16.7 Å². The van der Waals surface area contributed by atoms with E-state index in [1.54, 1.807) is 6.07 Å². The Balaban J connectivity index is 2.56. The maximum absolute atomic E-state index is 12.4. The van der Waals surface area contributed by atoms with Crippen molar-refractivity contribution in [1.29, 1.82) is 0 Å². The third-order valence-corrected chi connectivity index (χ3v) is 3.32. The molecule has 0 aromatic heterocycles. The largest absolute Gasteiger partial charge is 0.416 e. The molecular weight excluding hydrogens is 292 g/mol. The first-order valence-corrected chi connectivity index (χ1v) is 4.95. The molecule has 1 aromatic carbocycles. The van der Waals surface area contributed by atoms with Crippen molar-refractivity contribution in [3.05, 3.63) is 32.4 Å². The summed E-state index contributed by atoms with van der Waals surface area (Å²) in [5, 5.41) is 0. The summed E-state index contributed by atoms with van der Waals surface area (Å²) in [4.78, 5) is 0. The maximum atomic E-state index is 12.4. The first-order valence-electron chi connectivity index (χ1n) is 3.87. The molecule has 0 nitrogen and oxygen atoms in total. The molecule has 0 atom stereocenters. The minimum Gasteiger partial charge on any atom is -0.166 e. The number of fused-ring (bicyclic) bond motifs is 1. The molecule has 0 amide bonds. The van der Waals surface area contributed by atoms with Gasteiger partial charge in [0.1, 0.15) is 0 Å². The minimum absolute atomic E-state index is 0.450. The average molecular weight is 298 g/mol. The van der Waals surface area contributed by atoms with E-state index in [0.29, 0.717) is 12.0 Å². The lowest BCUT2D eigenvalue weighted by Crippen LogP contribution is -2.19. The second-order valence-electron chi connectivity index (χ2n) is 3.05. The summed E-state index contributed by atoms with van der Waals surface area (Å²) in [6.07, 6.45) is -2.83. The van der Waals surface area contributed by atoms with Crippen molar-refractivity contribution in [2.45, 2.75) is 19.0 Å². The highest BCUT2D eigenvalue weighted by Crippen LogP contribution is 2.39. The summed E-state index contributed by atoms with van der Waals surface area (Å²) in [7, 11) is 0. The predicted octanol–water partition coefficient (Wildman–Crippen LogP) is 3.41. The van der Waals surface area contributed by atoms with Crippen molar-refractivity contribution in [2.75, 3.05) is 0 Å². The van der Waals surface area contributed by atoms with Crippen LogP contribution in [-0.2, 0) is 19.0 Å². The number of alkyl halides is 3. The molecule has 0 radical (unpaired) electrons. The molecule has 1 aromatic rings. The molecule has 0 unspecified atom stereocenters. The summed E-state index contributed by atoms with van der Waals surface area (Å²) < 4.78 is 38.1. The molecule has 2 rings (SSSR count). The molecule has 0 spiro atoms. The molecule has 0 aliphatic heterocycles. The average Bonchev–Trinajstić information content (AvgIpc) is 1.90. The zero-order valence-electron chi connectivity index (χ0n) is 6.58. The van der Waals surface area contributed by atoms with Gasteiger partial charge in [-0.05, 0) is 58.7 Å². The molecule has 0 fully saturated rings. The number of benzene rings is 1. The van der Waals surface area contributed by atoms with Gasteiger partial charge >= 0.3 is 6.18 Å². The van der Waals surface area contributed by atoms with E-state index in [1.807, 2.05) is 0 Å². The van der Waals surface area contributed by atoms with Crippen molar-refractivity contribution in [3.63, 3.8) is 0 Å². The molecule has 0 heterocycles. The first-order chi connectivity index (χ1) is 6.00. The summed E-state index contributed by atoms with van der Waals surface area (Å²) in [6, 6.07) is 2.72. The zero-order valence-corrected chi connectivity index (χ0v) is 8.74. The molecule has 0 N–H and O–H groups in total. The van der Waals surface area contributed by atoms with Gasteiger partial charge in [0, 0.05) is 3.57 Å². The van der Waals surface area contributed by atoms with Crippen molar-refractivity contribution < 1.29 is 13.2 Å². The Hall–Kier alpha value is -0.260. The fourth-order valence-corrected chi connectivity index (χ4v) is 2.33. The Morgan fingerprint density at radius 1 is 1.08 bits per heavy atom. The van der Waals surface area contributed by atoms with Crippen LogP contribution in [0.4, 0.5) is 13.2 Å². The number of hydrogen-bond donors (Lipinski definition) is 0. The van der Waals surface area contributed by atoms with Gasteiger partial charge in [-0.3, -0.25) is 0 Å². The highest BCUT2D eigenvalue weighted by Gasteiger charge is 2.36. The Morgan fingerprint density at radius 3 is 2.15 bits per heavy atom. The van der Waals surface area contributed by atoms with Crippen LogP contribution < -0.4 is 0 Å². The van der Waals surface area contributed by atoms with Gasteiger partial charge in [0.2, 0.25) is 0 Å². The van der Waals surface area contributed by atoms with Crippen LogP contribution in [0.25, 0.3) is 0 Å². The monoisotopic (exact) mass is 298 g/mol. The van der Waals surface area contributed by atoms with Gasteiger partial charge in [0.25, 0.3) is 0 Å². The molecule has 0 bridgehead atoms. The zero-order chi connectivity index (χ0) is 9.64. The number of rotatable bonds is 0. The second-order valence-corrected chi connectivity index (χ2v) is 4.21. The van der Waals surface area contributed by atoms with Crippen LogP contribution in [0, 0.1) is 3.57 Å². The molecule has 4 heteroatoms. The highest BCUT2D eigenvalue weighted by molar-refractivity contribution is 14.1. The number of hydrogen-bond acceptors (Lipinski definition) is 0. The minimum atomic E-state index is -4.19. The van der Waals surface area contributed by atoms with E-state index in [-0.39, 0.29) is 0 Å². The van der Waals surface area contributed by atoms with E-state index < -0.39 is 11.7 Å². The lowest BCUT2D eigenvalue weighted by atomic mass is 9.84. The predicted molar refractivity (Wildman–Crippen MR) is 51.6 cm³/mol. The van der Waals surface area contributed by atoms with Crippen LogP contribution in [0.15, 0.2) is 12.1 Å². The van der Waals surface area contributed by atoms with Crippen molar-refractivity contribution in [1.82, 2.24) is 0 Å². The summed E-state index contributed by atoms with van der Waals surface area (Å²) in [5.41, 5.74) is 0.934. The van der Waals surface area contributed by atoms with Crippen LogP contribution in [-0.4, -0.2) is 0 Å². The Bertz CT molecular complexity index is 355. The van der Waals surface area contributed by atoms with Crippen molar-refractivity contribution in [3.8, 4) is 0 Å². The summed E-state index contributed by atoms with van der Waals surface area (Å²) >= 11 is 2.08. The topological polar surface area (TPSA) is 0 Å². The Kier molecular flexibility index (Phi) is 2.05. The van der Waals surface area contributed by atoms with Crippen LogP contribution >= 0.6 is 22.6 Å². The summed E-state index contributed by atoms with van der Waals surface area (Å²) in [6.45, 7) is 0. The third-order valence-electron chi connectivity index (χ3n) is 2.30. The third kappa shape index (κ3) is 1.45. The number of halogens is 4. The standard InChI is InChI=1S/C9H6F3I/c10-9(11,12)7-3-4-8(13)6-2-1-5(6)7/h3-4H,1-2H2.